The van der Waals surface area contributed by atoms with E-state index in [-0.39, 0.29) is 0 Å². The maximum atomic E-state index is 5.92. The molecule has 1 atom stereocenters. The lowest BCUT2D eigenvalue weighted by Gasteiger charge is -2.27. The number of hydrogen-bond acceptors (Lipinski definition) is 2. The third-order valence-electron chi connectivity index (χ3n) is 3.64. The highest BCUT2D eigenvalue weighted by Gasteiger charge is 2.18. The van der Waals surface area contributed by atoms with E-state index in [1.807, 2.05) is 18.2 Å². The van der Waals surface area contributed by atoms with Crippen molar-refractivity contribution < 1.29 is 4.42 Å². The number of hydrogen-bond donors (Lipinski definition) is 0. The lowest BCUT2D eigenvalue weighted by Crippen LogP contribution is -2.37. The lowest BCUT2D eigenvalue weighted by atomic mass is 10.0. The third kappa shape index (κ3) is 3.91. The Kier molecular flexibility index (Phi) is 5.50. The van der Waals surface area contributed by atoms with E-state index >= 15 is 0 Å². The Bertz CT molecular complexity index is 607. The smallest absolute Gasteiger partial charge is 0.134 e. The summed E-state index contributed by atoms with van der Waals surface area (Å²) in [5, 5.41) is 1.14. The van der Waals surface area contributed by atoms with Gasteiger partial charge in [-0.2, -0.15) is 0 Å². The Labute approximate surface area is 127 Å². The predicted octanol–water partition coefficient (Wildman–Crippen LogP) is 3.71. The predicted molar refractivity (Wildman–Crippen MR) is 87.9 cm³/mol. The zero-order valence-corrected chi connectivity index (χ0v) is 12.5. The van der Waals surface area contributed by atoms with Gasteiger partial charge in [0.05, 0.1) is 13.1 Å². The zero-order valence-electron chi connectivity index (χ0n) is 12.5. The minimum Gasteiger partial charge on any atom is -0.461 e. The van der Waals surface area contributed by atoms with Crippen LogP contribution >= 0.6 is 0 Å². The molecule has 0 N–H and O–H groups in total. The summed E-state index contributed by atoms with van der Waals surface area (Å²) in [7, 11) is 0. The maximum Gasteiger partial charge on any atom is 0.134 e. The molecule has 0 amide bonds. The molecule has 2 rings (SSSR count). The van der Waals surface area contributed by atoms with Crippen molar-refractivity contribution in [2.24, 2.45) is 0 Å². The normalized spacial score (nSPS) is 12.2. The highest BCUT2D eigenvalue weighted by molar-refractivity contribution is 5.77. The van der Waals surface area contributed by atoms with Gasteiger partial charge >= 0.3 is 0 Å². The van der Waals surface area contributed by atoms with Crippen LogP contribution in [0.1, 0.15) is 25.5 Å². The minimum atomic E-state index is 0.322. The van der Waals surface area contributed by atoms with Gasteiger partial charge in [0.1, 0.15) is 11.3 Å². The number of para-hydroxylation sites is 1. The summed E-state index contributed by atoms with van der Waals surface area (Å²) in [5.74, 6) is 6.40. The van der Waals surface area contributed by atoms with Gasteiger partial charge in [-0.25, -0.2) is 0 Å². The summed E-state index contributed by atoms with van der Waals surface area (Å²) >= 11 is 0. The molecule has 0 aliphatic heterocycles. The van der Waals surface area contributed by atoms with Gasteiger partial charge in [0.15, 0.2) is 0 Å². The largest absolute Gasteiger partial charge is 0.461 e. The second-order valence-electron chi connectivity index (χ2n) is 5.21. The molecule has 0 saturated heterocycles. The van der Waals surface area contributed by atoms with Crippen LogP contribution in [0.2, 0.25) is 0 Å². The Balaban J connectivity index is 2.18. The first-order valence-corrected chi connectivity index (χ1v) is 7.37. The van der Waals surface area contributed by atoms with E-state index in [0.717, 1.165) is 36.0 Å². The molecular formula is C19H21NO. The van der Waals surface area contributed by atoms with Crippen LogP contribution in [-0.2, 0) is 6.42 Å². The third-order valence-corrected chi connectivity index (χ3v) is 3.64. The molecule has 0 saturated carbocycles. The molecule has 2 nitrogen and oxygen atoms in total. The summed E-state index contributed by atoms with van der Waals surface area (Å²) < 4.78 is 5.92. The molecule has 0 radical (unpaired) electrons. The molecule has 0 bridgehead atoms. The molecule has 1 aromatic carbocycles. The van der Waals surface area contributed by atoms with Crippen molar-refractivity contribution in [2.75, 3.05) is 13.1 Å². The van der Waals surface area contributed by atoms with Gasteiger partial charge in [0.25, 0.3) is 0 Å². The Morgan fingerprint density at radius 2 is 1.90 bits per heavy atom. The number of furan rings is 1. The topological polar surface area (TPSA) is 16.4 Å². The zero-order chi connectivity index (χ0) is 15.1. The molecule has 1 aromatic heterocycles. The highest BCUT2D eigenvalue weighted by Crippen LogP contribution is 2.22. The molecule has 0 fully saturated rings. The van der Waals surface area contributed by atoms with Crippen LogP contribution in [0.5, 0.6) is 0 Å². The fourth-order valence-electron chi connectivity index (χ4n) is 2.67. The van der Waals surface area contributed by atoms with Gasteiger partial charge in [0.2, 0.25) is 0 Å². The second kappa shape index (κ2) is 7.58. The van der Waals surface area contributed by atoms with Gasteiger partial charge in [-0.3, -0.25) is 4.90 Å². The van der Waals surface area contributed by atoms with Gasteiger partial charge in [-0.1, -0.05) is 43.4 Å². The second-order valence-corrected chi connectivity index (χ2v) is 5.21. The van der Waals surface area contributed by atoms with Crippen LogP contribution in [0.4, 0.5) is 0 Å². The summed E-state index contributed by atoms with van der Waals surface area (Å²) in [4.78, 5) is 2.18. The molecule has 2 aromatic rings. The monoisotopic (exact) mass is 279 g/mol. The average Bonchev–Trinajstić information content (AvgIpc) is 2.89. The number of benzene rings is 1. The summed E-state index contributed by atoms with van der Waals surface area (Å²) in [6.07, 6.45) is 13.9. The fourth-order valence-corrected chi connectivity index (χ4v) is 2.67. The van der Waals surface area contributed by atoms with Crippen molar-refractivity contribution >= 4 is 11.0 Å². The van der Waals surface area contributed by atoms with Crippen LogP contribution in [0.15, 0.2) is 34.7 Å². The molecule has 21 heavy (non-hydrogen) atoms. The number of rotatable bonds is 7. The molecule has 0 unspecified atom stereocenters. The Morgan fingerprint density at radius 3 is 2.52 bits per heavy atom. The maximum absolute atomic E-state index is 5.92. The first-order chi connectivity index (χ1) is 10.3. The molecule has 108 valence electrons. The van der Waals surface area contributed by atoms with Gasteiger partial charge in [0, 0.05) is 17.8 Å². The van der Waals surface area contributed by atoms with Crippen molar-refractivity contribution in [3.63, 3.8) is 0 Å². The van der Waals surface area contributed by atoms with Crippen LogP contribution < -0.4 is 0 Å². The highest BCUT2D eigenvalue weighted by atomic mass is 16.3. The van der Waals surface area contributed by atoms with E-state index in [4.69, 9.17) is 17.3 Å². The first-order valence-electron chi connectivity index (χ1n) is 7.37. The van der Waals surface area contributed by atoms with E-state index in [1.165, 1.54) is 0 Å². The van der Waals surface area contributed by atoms with Crippen LogP contribution in [-0.4, -0.2) is 24.0 Å². The Morgan fingerprint density at radius 1 is 1.19 bits per heavy atom. The molecule has 0 aliphatic rings. The minimum absolute atomic E-state index is 0.322. The SMILES string of the molecule is C#CCN(CC#C)[C@H](CCC)Cc1cc2ccccc2o1. The summed E-state index contributed by atoms with van der Waals surface area (Å²) in [6, 6.07) is 10.5. The average molecular weight is 279 g/mol. The Hall–Kier alpha value is -2.16. The van der Waals surface area contributed by atoms with Crippen molar-refractivity contribution in [3.8, 4) is 24.7 Å². The van der Waals surface area contributed by atoms with Crippen molar-refractivity contribution in [1.29, 1.82) is 0 Å². The fraction of sp³-hybridized carbons (Fsp3) is 0.368. The quantitative estimate of drug-likeness (QED) is 0.718. The summed E-state index contributed by atoms with van der Waals surface area (Å²) in [5.41, 5.74) is 0.934. The van der Waals surface area contributed by atoms with Gasteiger partial charge in [-0.15, -0.1) is 12.8 Å². The van der Waals surface area contributed by atoms with Crippen molar-refractivity contribution in [3.05, 3.63) is 36.1 Å². The van der Waals surface area contributed by atoms with Crippen LogP contribution in [0.25, 0.3) is 11.0 Å². The van der Waals surface area contributed by atoms with E-state index in [9.17, 15) is 0 Å². The number of terminal acetylenes is 2. The number of nitrogens with zero attached hydrogens (tertiary/aromatic N) is 1. The van der Waals surface area contributed by atoms with Crippen molar-refractivity contribution in [2.45, 2.75) is 32.2 Å². The number of fused-ring (bicyclic) bond motifs is 1. The molecule has 2 heteroatoms. The summed E-state index contributed by atoms with van der Waals surface area (Å²) in [6.45, 7) is 3.33. The van der Waals surface area contributed by atoms with Crippen molar-refractivity contribution in [1.82, 2.24) is 4.90 Å². The van der Waals surface area contributed by atoms with E-state index in [1.54, 1.807) is 0 Å². The molecule has 0 aliphatic carbocycles. The lowest BCUT2D eigenvalue weighted by molar-refractivity contribution is 0.224. The molecule has 1 heterocycles. The molecule has 0 spiro atoms. The van der Waals surface area contributed by atoms with Gasteiger partial charge in [-0.05, 0) is 18.6 Å². The first kappa shape index (κ1) is 15.2. The molecular weight excluding hydrogens is 258 g/mol. The van der Waals surface area contributed by atoms with E-state index in [0.29, 0.717) is 19.1 Å². The van der Waals surface area contributed by atoms with Gasteiger partial charge < -0.3 is 4.42 Å². The van der Waals surface area contributed by atoms with Crippen LogP contribution in [0, 0.1) is 24.7 Å². The standard InChI is InChI=1S/C19H21NO/c1-4-9-17(20(12-5-2)13-6-3)15-18-14-16-10-7-8-11-19(16)21-18/h2-3,7-8,10-11,14,17H,4,9,12-13,15H2,1H3/t17-/m1/s1. The van der Waals surface area contributed by atoms with E-state index < -0.39 is 0 Å². The van der Waals surface area contributed by atoms with Crippen LogP contribution in [0.3, 0.4) is 0 Å². The van der Waals surface area contributed by atoms with E-state index in [2.05, 4.69) is 35.8 Å².